The molecule has 0 unspecified atom stereocenters. The lowest BCUT2D eigenvalue weighted by Gasteiger charge is -2.28. The van der Waals surface area contributed by atoms with Gasteiger partial charge in [-0.15, -0.1) is 0 Å². The number of fused-ring (bicyclic) bond motifs is 1. The number of nitrogens with two attached hydrogens (primary N) is 1. The first-order valence-electron chi connectivity index (χ1n) is 6.78. The molecular formula is C14H21N3OS. The average Bonchev–Trinajstić information content (AvgIpc) is 2.37. The van der Waals surface area contributed by atoms with Gasteiger partial charge in [-0.25, -0.2) is 0 Å². The van der Waals surface area contributed by atoms with E-state index in [1.807, 2.05) is 10.6 Å². The van der Waals surface area contributed by atoms with Gasteiger partial charge in [0.05, 0.1) is 5.56 Å². The number of nitrogens with zero attached hydrogens (tertiary/aromatic N) is 2. The summed E-state index contributed by atoms with van der Waals surface area (Å²) in [5, 5.41) is 0. The van der Waals surface area contributed by atoms with Crippen LogP contribution in [-0.2, 0) is 19.5 Å². The Morgan fingerprint density at radius 1 is 1.53 bits per heavy atom. The first kappa shape index (κ1) is 14.2. The Kier molecular flexibility index (Phi) is 4.37. The molecule has 0 amide bonds. The van der Waals surface area contributed by atoms with Gasteiger partial charge in [0.2, 0.25) is 0 Å². The van der Waals surface area contributed by atoms with E-state index in [0.29, 0.717) is 5.56 Å². The smallest absolute Gasteiger partial charge is 0.261 e. The normalized spacial score (nSPS) is 15.3. The van der Waals surface area contributed by atoms with Crippen molar-refractivity contribution in [3.63, 3.8) is 0 Å². The highest BCUT2D eigenvalue weighted by Crippen LogP contribution is 2.18. The van der Waals surface area contributed by atoms with Crippen LogP contribution in [0.1, 0.15) is 36.6 Å². The van der Waals surface area contributed by atoms with E-state index in [1.54, 1.807) is 0 Å². The highest BCUT2D eigenvalue weighted by molar-refractivity contribution is 7.80. The Hall–Kier alpha value is -1.20. The molecule has 0 bridgehead atoms. The van der Waals surface area contributed by atoms with E-state index < -0.39 is 0 Å². The highest BCUT2D eigenvalue weighted by Gasteiger charge is 2.20. The topological polar surface area (TPSA) is 51.3 Å². The predicted molar refractivity (Wildman–Crippen MR) is 81.5 cm³/mol. The van der Waals surface area contributed by atoms with Gasteiger partial charge in [-0.2, -0.15) is 0 Å². The second kappa shape index (κ2) is 5.84. The molecule has 1 aromatic rings. The molecule has 0 saturated heterocycles. The fourth-order valence-corrected chi connectivity index (χ4v) is 2.74. The van der Waals surface area contributed by atoms with Gasteiger partial charge in [-0.05, 0) is 25.1 Å². The zero-order chi connectivity index (χ0) is 14.0. The summed E-state index contributed by atoms with van der Waals surface area (Å²) in [4.78, 5) is 14.9. The molecular weight excluding hydrogens is 258 g/mol. The van der Waals surface area contributed by atoms with Crippen molar-refractivity contribution >= 4 is 17.2 Å². The SMILES string of the molecule is CCCCn1c2c(cc(C(N)=S)c1=O)CN(C)CC2. The van der Waals surface area contributed by atoms with Crippen molar-refractivity contribution in [1.29, 1.82) is 0 Å². The molecule has 0 saturated carbocycles. The quantitative estimate of drug-likeness (QED) is 0.843. The van der Waals surface area contributed by atoms with Crippen LogP contribution in [0.5, 0.6) is 0 Å². The maximum Gasteiger partial charge on any atom is 0.261 e. The fraction of sp³-hybridized carbons (Fsp3) is 0.571. The average molecular weight is 279 g/mol. The summed E-state index contributed by atoms with van der Waals surface area (Å²) in [7, 11) is 2.09. The number of thiocarbonyl (C=S) groups is 1. The van der Waals surface area contributed by atoms with Gasteiger partial charge in [0, 0.05) is 31.7 Å². The minimum absolute atomic E-state index is 0.0238. The summed E-state index contributed by atoms with van der Waals surface area (Å²) in [6.45, 7) is 4.74. The third-order valence-electron chi connectivity index (χ3n) is 3.66. The lowest BCUT2D eigenvalue weighted by Crippen LogP contribution is -2.37. The third-order valence-corrected chi connectivity index (χ3v) is 3.88. The highest BCUT2D eigenvalue weighted by atomic mass is 32.1. The molecule has 0 aliphatic carbocycles. The fourth-order valence-electron chi connectivity index (χ4n) is 2.59. The third kappa shape index (κ3) is 2.87. The van der Waals surface area contributed by atoms with Crippen LogP contribution in [0.4, 0.5) is 0 Å². The second-order valence-corrected chi connectivity index (χ2v) is 5.63. The minimum atomic E-state index is -0.0238. The number of hydrogen-bond donors (Lipinski definition) is 1. The van der Waals surface area contributed by atoms with E-state index in [2.05, 4.69) is 18.9 Å². The summed E-state index contributed by atoms with van der Waals surface area (Å²) in [6.07, 6.45) is 2.99. The predicted octanol–water partition coefficient (Wildman–Crippen LogP) is 1.27. The van der Waals surface area contributed by atoms with Gasteiger partial charge in [0.25, 0.3) is 5.56 Å². The van der Waals surface area contributed by atoms with Crippen LogP contribution in [0.2, 0.25) is 0 Å². The maximum atomic E-state index is 12.5. The Balaban J connectivity index is 2.55. The van der Waals surface area contributed by atoms with Crippen LogP contribution in [0.3, 0.4) is 0 Å². The summed E-state index contributed by atoms with van der Waals surface area (Å²) in [5.41, 5.74) is 8.50. The van der Waals surface area contributed by atoms with Gasteiger partial charge < -0.3 is 15.2 Å². The molecule has 0 fully saturated rings. The van der Waals surface area contributed by atoms with E-state index in [0.717, 1.165) is 44.6 Å². The Labute approximate surface area is 119 Å². The van der Waals surface area contributed by atoms with Crippen molar-refractivity contribution in [1.82, 2.24) is 9.47 Å². The number of pyridine rings is 1. The molecule has 0 aromatic carbocycles. The molecule has 104 valence electrons. The van der Waals surface area contributed by atoms with Crippen LogP contribution in [0, 0.1) is 0 Å². The zero-order valence-electron chi connectivity index (χ0n) is 11.6. The lowest BCUT2D eigenvalue weighted by molar-refractivity contribution is 0.303. The molecule has 0 radical (unpaired) electrons. The van der Waals surface area contributed by atoms with E-state index in [1.165, 1.54) is 5.56 Å². The molecule has 4 nitrogen and oxygen atoms in total. The molecule has 2 heterocycles. The molecule has 19 heavy (non-hydrogen) atoms. The Morgan fingerprint density at radius 2 is 2.26 bits per heavy atom. The molecule has 2 rings (SSSR count). The maximum absolute atomic E-state index is 12.5. The first-order valence-corrected chi connectivity index (χ1v) is 7.19. The van der Waals surface area contributed by atoms with E-state index in [9.17, 15) is 4.79 Å². The van der Waals surface area contributed by atoms with Crippen molar-refractivity contribution in [3.8, 4) is 0 Å². The molecule has 1 aliphatic rings. The monoisotopic (exact) mass is 279 g/mol. The van der Waals surface area contributed by atoms with Gasteiger partial charge in [-0.1, -0.05) is 25.6 Å². The Bertz CT molecular complexity index is 550. The summed E-state index contributed by atoms with van der Waals surface area (Å²) in [5.74, 6) is 0. The van der Waals surface area contributed by atoms with E-state index in [4.69, 9.17) is 18.0 Å². The minimum Gasteiger partial charge on any atom is -0.389 e. The van der Waals surface area contributed by atoms with Crippen molar-refractivity contribution in [2.24, 2.45) is 5.73 Å². The number of hydrogen-bond acceptors (Lipinski definition) is 3. The first-order chi connectivity index (χ1) is 9.04. The molecule has 0 atom stereocenters. The van der Waals surface area contributed by atoms with Crippen molar-refractivity contribution in [2.75, 3.05) is 13.6 Å². The molecule has 0 spiro atoms. The second-order valence-electron chi connectivity index (χ2n) is 5.19. The lowest BCUT2D eigenvalue weighted by atomic mass is 10.0. The van der Waals surface area contributed by atoms with Gasteiger partial charge in [0.1, 0.15) is 4.99 Å². The zero-order valence-corrected chi connectivity index (χ0v) is 12.4. The van der Waals surface area contributed by atoms with Crippen LogP contribution < -0.4 is 11.3 Å². The molecule has 1 aromatic heterocycles. The van der Waals surface area contributed by atoms with E-state index >= 15 is 0 Å². The van der Waals surface area contributed by atoms with Gasteiger partial charge in [-0.3, -0.25) is 4.79 Å². The summed E-state index contributed by atoms with van der Waals surface area (Å²) in [6, 6.07) is 1.89. The standard InChI is InChI=1S/C14H21N3OS/c1-3-4-6-17-12-5-7-16(2)9-10(12)8-11(13(15)19)14(17)18/h8H,3-7,9H2,1-2H3,(H2,15,19). The Morgan fingerprint density at radius 3 is 2.89 bits per heavy atom. The molecule has 5 heteroatoms. The number of likely N-dealkylation sites (N-methyl/N-ethyl adjacent to an activating group) is 1. The number of unbranched alkanes of at least 4 members (excludes halogenated alkanes) is 1. The van der Waals surface area contributed by atoms with Crippen LogP contribution in [0.25, 0.3) is 0 Å². The van der Waals surface area contributed by atoms with Crippen LogP contribution in [0.15, 0.2) is 10.9 Å². The summed E-state index contributed by atoms with van der Waals surface area (Å²) < 4.78 is 1.89. The van der Waals surface area contributed by atoms with Crippen molar-refractivity contribution in [3.05, 3.63) is 33.2 Å². The van der Waals surface area contributed by atoms with Crippen LogP contribution >= 0.6 is 12.2 Å². The van der Waals surface area contributed by atoms with E-state index in [-0.39, 0.29) is 10.5 Å². The molecule has 2 N–H and O–H groups in total. The van der Waals surface area contributed by atoms with Crippen molar-refractivity contribution < 1.29 is 0 Å². The molecule has 1 aliphatic heterocycles. The van der Waals surface area contributed by atoms with Crippen molar-refractivity contribution in [2.45, 2.75) is 39.3 Å². The van der Waals surface area contributed by atoms with Gasteiger partial charge >= 0.3 is 0 Å². The van der Waals surface area contributed by atoms with Crippen LogP contribution in [-0.4, -0.2) is 28.0 Å². The number of rotatable bonds is 4. The summed E-state index contributed by atoms with van der Waals surface area (Å²) >= 11 is 5.01. The largest absolute Gasteiger partial charge is 0.389 e. The number of aromatic nitrogens is 1. The van der Waals surface area contributed by atoms with Gasteiger partial charge in [0.15, 0.2) is 0 Å².